The van der Waals surface area contributed by atoms with Crippen LogP contribution in [0, 0.1) is 5.92 Å². The van der Waals surface area contributed by atoms with Crippen molar-refractivity contribution in [2.75, 3.05) is 5.32 Å². The summed E-state index contributed by atoms with van der Waals surface area (Å²) in [6.07, 6.45) is 4.64. The van der Waals surface area contributed by atoms with Crippen LogP contribution in [0.4, 0.5) is 5.13 Å². The first-order valence-corrected chi connectivity index (χ1v) is 8.34. The number of aryl methyl sites for hydroxylation is 2. The van der Waals surface area contributed by atoms with E-state index in [1.165, 1.54) is 22.6 Å². The highest BCUT2D eigenvalue weighted by molar-refractivity contribution is 7.15. The van der Waals surface area contributed by atoms with Crippen molar-refractivity contribution in [3.63, 3.8) is 0 Å². The molecule has 3 rings (SSSR count). The van der Waals surface area contributed by atoms with Crippen molar-refractivity contribution in [3.05, 3.63) is 46.5 Å². The Kier molecular flexibility index (Phi) is 4.34. The average molecular weight is 300 g/mol. The summed E-state index contributed by atoms with van der Waals surface area (Å²) in [5.74, 6) is 0.789. The van der Waals surface area contributed by atoms with Gasteiger partial charge in [-0.25, -0.2) is 4.98 Å². The summed E-state index contributed by atoms with van der Waals surface area (Å²) in [7, 11) is 0. The molecule has 1 N–H and O–H groups in total. The number of thiazole rings is 1. The second-order valence-corrected chi connectivity index (χ2v) is 6.85. The van der Waals surface area contributed by atoms with Gasteiger partial charge in [0.15, 0.2) is 5.13 Å². The lowest BCUT2D eigenvalue weighted by atomic mass is 9.93. The third kappa shape index (κ3) is 3.70. The normalized spacial score (nSPS) is 17.3. The molecule has 0 radical (unpaired) electrons. The summed E-state index contributed by atoms with van der Waals surface area (Å²) in [5, 5.41) is 3.72. The number of anilines is 1. The molecule has 0 bridgehead atoms. The molecule has 1 aliphatic carbocycles. The molecule has 0 spiro atoms. The molecule has 1 aromatic carbocycles. The molecule has 0 aliphatic heterocycles. The molecule has 4 heteroatoms. The Morgan fingerprint density at radius 1 is 1.38 bits per heavy atom. The van der Waals surface area contributed by atoms with Crippen LogP contribution in [0.1, 0.15) is 35.9 Å². The van der Waals surface area contributed by atoms with E-state index in [9.17, 15) is 4.79 Å². The average Bonchev–Trinajstić information content (AvgIpc) is 2.87. The number of rotatable bonds is 4. The van der Waals surface area contributed by atoms with Crippen LogP contribution in [0.25, 0.3) is 0 Å². The summed E-state index contributed by atoms with van der Waals surface area (Å²) >= 11 is 1.65. The molecule has 1 unspecified atom stereocenters. The molecule has 1 aromatic heterocycles. The maximum atomic E-state index is 12.0. The lowest BCUT2D eigenvalue weighted by molar-refractivity contribution is -0.116. The van der Waals surface area contributed by atoms with Crippen molar-refractivity contribution in [2.24, 2.45) is 5.92 Å². The maximum Gasteiger partial charge on any atom is 0.226 e. The third-order valence-electron chi connectivity index (χ3n) is 3.92. The zero-order valence-corrected chi connectivity index (χ0v) is 13.1. The second-order valence-electron chi connectivity index (χ2n) is 5.77. The number of benzene rings is 1. The van der Waals surface area contributed by atoms with Crippen LogP contribution in [0.5, 0.6) is 0 Å². The quantitative estimate of drug-likeness (QED) is 0.932. The monoisotopic (exact) mass is 300 g/mol. The van der Waals surface area contributed by atoms with Crippen molar-refractivity contribution in [1.82, 2.24) is 4.98 Å². The third-order valence-corrected chi connectivity index (χ3v) is 4.95. The van der Waals surface area contributed by atoms with Gasteiger partial charge in [-0.2, -0.15) is 0 Å². The molecule has 0 fully saturated rings. The largest absolute Gasteiger partial charge is 0.302 e. The van der Waals surface area contributed by atoms with E-state index in [0.717, 1.165) is 30.3 Å². The van der Waals surface area contributed by atoms with Crippen molar-refractivity contribution in [3.8, 4) is 0 Å². The van der Waals surface area contributed by atoms with Gasteiger partial charge in [-0.1, -0.05) is 37.3 Å². The molecule has 1 aliphatic rings. The Labute approximate surface area is 129 Å². The topological polar surface area (TPSA) is 42.0 Å². The molecule has 1 amide bonds. The predicted octanol–water partition coefficient (Wildman–Crippen LogP) is 3.84. The van der Waals surface area contributed by atoms with Gasteiger partial charge < -0.3 is 5.32 Å². The number of nitrogens with zero attached hydrogens (tertiary/aromatic N) is 1. The van der Waals surface area contributed by atoms with Crippen molar-refractivity contribution >= 4 is 22.4 Å². The zero-order valence-electron chi connectivity index (χ0n) is 12.3. The van der Waals surface area contributed by atoms with Crippen molar-refractivity contribution in [2.45, 2.75) is 39.0 Å². The van der Waals surface area contributed by atoms with Crippen molar-refractivity contribution < 1.29 is 4.79 Å². The molecular formula is C17H20N2OS. The Bertz CT molecular complexity index is 621. The zero-order chi connectivity index (χ0) is 14.7. The van der Waals surface area contributed by atoms with Gasteiger partial charge in [0.1, 0.15) is 0 Å². The highest BCUT2D eigenvalue weighted by atomic mass is 32.1. The molecular weight excluding hydrogens is 280 g/mol. The first kappa shape index (κ1) is 14.3. The minimum absolute atomic E-state index is 0.0537. The number of carbonyl (C=O) groups is 1. The molecule has 1 atom stereocenters. The van der Waals surface area contributed by atoms with Crippen LogP contribution in [0.15, 0.2) is 30.3 Å². The summed E-state index contributed by atoms with van der Waals surface area (Å²) < 4.78 is 0. The van der Waals surface area contributed by atoms with E-state index in [-0.39, 0.29) is 5.91 Å². The van der Waals surface area contributed by atoms with E-state index in [1.807, 2.05) is 18.2 Å². The van der Waals surface area contributed by atoms with Gasteiger partial charge in [-0.05, 0) is 37.2 Å². The standard InChI is InChI=1S/C17H20N2OS/c1-12-7-9-14-15(11-12)21-17(18-14)19-16(20)10-8-13-5-3-2-4-6-13/h2-6,12H,7-11H2,1H3,(H,18,19,20). The molecule has 110 valence electrons. The first-order chi connectivity index (χ1) is 10.2. The van der Waals surface area contributed by atoms with Gasteiger partial charge in [0, 0.05) is 11.3 Å². The van der Waals surface area contributed by atoms with E-state index >= 15 is 0 Å². The minimum atomic E-state index is 0.0537. The highest BCUT2D eigenvalue weighted by Gasteiger charge is 2.20. The fraction of sp³-hybridized carbons (Fsp3) is 0.412. The summed E-state index contributed by atoms with van der Waals surface area (Å²) in [4.78, 5) is 17.9. The second kappa shape index (κ2) is 6.39. The fourth-order valence-electron chi connectivity index (χ4n) is 2.68. The lowest BCUT2D eigenvalue weighted by Crippen LogP contribution is -2.12. The smallest absolute Gasteiger partial charge is 0.226 e. The van der Waals surface area contributed by atoms with E-state index < -0.39 is 0 Å². The summed E-state index contributed by atoms with van der Waals surface area (Å²) in [5.41, 5.74) is 2.39. The molecule has 0 saturated heterocycles. The van der Waals surface area contributed by atoms with Gasteiger partial charge in [-0.3, -0.25) is 4.79 Å². The van der Waals surface area contributed by atoms with Crippen LogP contribution in [0.2, 0.25) is 0 Å². The van der Waals surface area contributed by atoms with Crippen LogP contribution in [0.3, 0.4) is 0 Å². The SMILES string of the molecule is CC1CCc2nc(NC(=O)CCc3ccccc3)sc2C1. The maximum absolute atomic E-state index is 12.0. The van der Waals surface area contributed by atoms with Crippen LogP contribution in [-0.2, 0) is 24.1 Å². The number of amides is 1. The van der Waals surface area contributed by atoms with Crippen molar-refractivity contribution in [1.29, 1.82) is 0 Å². The van der Waals surface area contributed by atoms with Gasteiger partial charge in [-0.15, -0.1) is 11.3 Å². The van der Waals surface area contributed by atoms with Gasteiger partial charge in [0.2, 0.25) is 5.91 Å². The number of hydrogen-bond acceptors (Lipinski definition) is 3. The highest BCUT2D eigenvalue weighted by Crippen LogP contribution is 2.32. The molecule has 21 heavy (non-hydrogen) atoms. The number of carbonyl (C=O) groups excluding carboxylic acids is 1. The van der Waals surface area contributed by atoms with E-state index in [4.69, 9.17) is 0 Å². The van der Waals surface area contributed by atoms with E-state index in [0.29, 0.717) is 6.42 Å². The Hall–Kier alpha value is -1.68. The fourth-order valence-corrected chi connectivity index (χ4v) is 3.87. The number of hydrogen-bond donors (Lipinski definition) is 1. The van der Waals surface area contributed by atoms with Crippen LogP contribution < -0.4 is 5.32 Å². The summed E-state index contributed by atoms with van der Waals surface area (Å²) in [6.45, 7) is 2.28. The Morgan fingerprint density at radius 2 is 2.19 bits per heavy atom. The van der Waals surface area contributed by atoms with Crippen LogP contribution in [-0.4, -0.2) is 10.9 Å². The number of fused-ring (bicyclic) bond motifs is 1. The minimum Gasteiger partial charge on any atom is -0.302 e. The van der Waals surface area contributed by atoms with Gasteiger partial charge in [0.05, 0.1) is 5.69 Å². The van der Waals surface area contributed by atoms with Gasteiger partial charge >= 0.3 is 0 Å². The van der Waals surface area contributed by atoms with Crippen LogP contribution >= 0.6 is 11.3 Å². The Morgan fingerprint density at radius 3 is 3.00 bits per heavy atom. The molecule has 1 heterocycles. The first-order valence-electron chi connectivity index (χ1n) is 7.53. The van der Waals surface area contributed by atoms with E-state index in [2.05, 4.69) is 29.4 Å². The molecule has 2 aromatic rings. The number of aromatic nitrogens is 1. The summed E-state index contributed by atoms with van der Waals surface area (Å²) in [6, 6.07) is 10.1. The lowest BCUT2D eigenvalue weighted by Gasteiger charge is -2.15. The van der Waals surface area contributed by atoms with Gasteiger partial charge in [0.25, 0.3) is 0 Å². The Balaban J connectivity index is 1.55. The molecule has 0 saturated carbocycles. The van der Waals surface area contributed by atoms with E-state index in [1.54, 1.807) is 11.3 Å². The molecule has 3 nitrogen and oxygen atoms in total. The number of nitrogens with one attached hydrogen (secondary N) is 1. The predicted molar refractivity (Wildman–Crippen MR) is 86.7 cm³/mol.